The van der Waals surface area contributed by atoms with Gasteiger partial charge in [0.1, 0.15) is 17.1 Å². The van der Waals surface area contributed by atoms with Crippen LogP contribution in [0.3, 0.4) is 0 Å². The fourth-order valence-electron chi connectivity index (χ4n) is 2.39. The summed E-state index contributed by atoms with van der Waals surface area (Å²) in [5.74, 6) is 1.21. The largest absolute Gasteiger partial charge is 0.493 e. The summed E-state index contributed by atoms with van der Waals surface area (Å²) in [5.41, 5.74) is 7.64. The van der Waals surface area contributed by atoms with Gasteiger partial charge in [0, 0.05) is 23.4 Å². The number of hydrogen-bond donors (Lipinski definition) is 1. The zero-order valence-corrected chi connectivity index (χ0v) is 13.0. The summed E-state index contributed by atoms with van der Waals surface area (Å²) in [5, 5.41) is 0.542. The predicted molar refractivity (Wildman–Crippen MR) is 92.7 cm³/mol. The Morgan fingerprint density at radius 3 is 2.78 bits per heavy atom. The molecule has 0 radical (unpaired) electrons. The molecular weight excluding hydrogens is 290 g/mol. The van der Waals surface area contributed by atoms with Gasteiger partial charge in [-0.25, -0.2) is 0 Å². The van der Waals surface area contributed by atoms with E-state index in [9.17, 15) is 4.79 Å². The van der Waals surface area contributed by atoms with Gasteiger partial charge in [-0.1, -0.05) is 25.5 Å². The van der Waals surface area contributed by atoms with E-state index in [1.165, 1.54) is 6.07 Å². The second-order valence-corrected chi connectivity index (χ2v) is 5.46. The molecule has 23 heavy (non-hydrogen) atoms. The Morgan fingerprint density at radius 2 is 2.00 bits per heavy atom. The predicted octanol–water partition coefficient (Wildman–Crippen LogP) is 4.22. The van der Waals surface area contributed by atoms with Gasteiger partial charge in [0.2, 0.25) is 0 Å². The minimum Gasteiger partial charge on any atom is -0.493 e. The minimum atomic E-state index is -0.0798. The van der Waals surface area contributed by atoms with Gasteiger partial charge in [-0.05, 0) is 30.7 Å². The number of hydrogen-bond acceptors (Lipinski definition) is 4. The highest BCUT2D eigenvalue weighted by Gasteiger charge is 2.08. The Morgan fingerprint density at radius 1 is 1.13 bits per heavy atom. The minimum absolute atomic E-state index is 0.0798. The number of nitrogen functional groups attached to an aromatic ring is 1. The smallest absolute Gasteiger partial charge is 0.193 e. The second-order valence-electron chi connectivity index (χ2n) is 5.46. The SMILES string of the molecule is CCCCOc1ccc2c(=O)cc(-c3cccc(N)c3)oc2c1. The van der Waals surface area contributed by atoms with Gasteiger partial charge in [-0.2, -0.15) is 0 Å². The third-order valence-corrected chi connectivity index (χ3v) is 3.64. The van der Waals surface area contributed by atoms with Crippen molar-refractivity contribution in [3.8, 4) is 17.1 Å². The third kappa shape index (κ3) is 3.37. The van der Waals surface area contributed by atoms with Crippen molar-refractivity contribution in [1.82, 2.24) is 0 Å². The summed E-state index contributed by atoms with van der Waals surface area (Å²) < 4.78 is 11.6. The lowest BCUT2D eigenvalue weighted by atomic mass is 10.1. The monoisotopic (exact) mass is 309 g/mol. The molecule has 4 heteroatoms. The summed E-state index contributed by atoms with van der Waals surface area (Å²) in [7, 11) is 0. The number of nitrogens with two attached hydrogens (primary N) is 1. The fourth-order valence-corrected chi connectivity index (χ4v) is 2.39. The van der Waals surface area contributed by atoms with Crippen LogP contribution in [0.5, 0.6) is 5.75 Å². The van der Waals surface area contributed by atoms with Crippen LogP contribution in [-0.4, -0.2) is 6.61 Å². The summed E-state index contributed by atoms with van der Waals surface area (Å²) in [6, 6.07) is 14.1. The summed E-state index contributed by atoms with van der Waals surface area (Å²) in [4.78, 5) is 12.3. The van der Waals surface area contributed by atoms with Crippen LogP contribution in [0.4, 0.5) is 5.69 Å². The van der Waals surface area contributed by atoms with Gasteiger partial charge in [0.15, 0.2) is 5.43 Å². The normalized spacial score (nSPS) is 10.8. The van der Waals surface area contributed by atoms with Gasteiger partial charge in [-0.3, -0.25) is 4.79 Å². The molecule has 2 aromatic carbocycles. The van der Waals surface area contributed by atoms with Crippen molar-refractivity contribution in [1.29, 1.82) is 0 Å². The molecule has 0 spiro atoms. The number of fused-ring (bicyclic) bond motifs is 1. The molecule has 0 saturated heterocycles. The van der Waals surface area contributed by atoms with E-state index in [1.54, 1.807) is 30.3 Å². The van der Waals surface area contributed by atoms with Crippen molar-refractivity contribution in [2.45, 2.75) is 19.8 Å². The number of ether oxygens (including phenoxy) is 1. The fraction of sp³-hybridized carbons (Fsp3) is 0.211. The van der Waals surface area contributed by atoms with Crippen LogP contribution in [0.2, 0.25) is 0 Å². The van der Waals surface area contributed by atoms with Crippen molar-refractivity contribution in [2.75, 3.05) is 12.3 Å². The first kappa shape index (κ1) is 15.2. The van der Waals surface area contributed by atoms with E-state index in [1.807, 2.05) is 12.1 Å². The molecule has 0 unspecified atom stereocenters. The van der Waals surface area contributed by atoms with Crippen molar-refractivity contribution in [2.24, 2.45) is 0 Å². The van der Waals surface area contributed by atoms with Crippen LogP contribution in [0.15, 0.2) is 57.7 Å². The molecule has 0 aliphatic rings. The number of rotatable bonds is 5. The Kier molecular flexibility index (Phi) is 4.33. The van der Waals surface area contributed by atoms with Crippen molar-refractivity contribution in [3.05, 3.63) is 58.8 Å². The third-order valence-electron chi connectivity index (χ3n) is 3.64. The van der Waals surface area contributed by atoms with E-state index in [2.05, 4.69) is 6.92 Å². The molecule has 0 fully saturated rings. The average molecular weight is 309 g/mol. The standard InChI is InChI=1S/C19H19NO3/c1-2-3-9-22-15-7-8-16-17(21)12-18(23-19(16)11-15)13-5-4-6-14(20)10-13/h4-8,10-12H,2-3,9,20H2,1H3. The van der Waals surface area contributed by atoms with E-state index in [-0.39, 0.29) is 5.43 Å². The lowest BCUT2D eigenvalue weighted by Gasteiger charge is -2.07. The average Bonchev–Trinajstić information content (AvgIpc) is 2.55. The molecule has 0 saturated carbocycles. The first-order valence-corrected chi connectivity index (χ1v) is 7.74. The van der Waals surface area contributed by atoms with Gasteiger partial charge in [0.05, 0.1) is 12.0 Å². The van der Waals surface area contributed by atoms with E-state index in [0.717, 1.165) is 18.4 Å². The molecule has 4 nitrogen and oxygen atoms in total. The number of anilines is 1. The highest BCUT2D eigenvalue weighted by Crippen LogP contribution is 2.26. The number of benzene rings is 2. The second kappa shape index (κ2) is 6.57. The molecule has 3 aromatic rings. The zero-order chi connectivity index (χ0) is 16.2. The Balaban J connectivity index is 2.03. The molecule has 2 N–H and O–H groups in total. The zero-order valence-electron chi connectivity index (χ0n) is 13.0. The van der Waals surface area contributed by atoms with E-state index < -0.39 is 0 Å². The molecule has 3 rings (SSSR count). The Labute approximate surface area is 134 Å². The maximum absolute atomic E-state index is 12.3. The first-order chi connectivity index (χ1) is 11.2. The Bertz CT molecular complexity index is 883. The van der Waals surface area contributed by atoms with E-state index >= 15 is 0 Å². The quantitative estimate of drug-likeness (QED) is 0.566. The lowest BCUT2D eigenvalue weighted by molar-refractivity contribution is 0.309. The first-order valence-electron chi connectivity index (χ1n) is 7.74. The molecule has 0 aliphatic heterocycles. The molecule has 0 amide bonds. The molecule has 0 aliphatic carbocycles. The highest BCUT2D eigenvalue weighted by molar-refractivity contribution is 5.80. The van der Waals surface area contributed by atoms with Crippen LogP contribution in [0.25, 0.3) is 22.3 Å². The topological polar surface area (TPSA) is 65.5 Å². The summed E-state index contributed by atoms with van der Waals surface area (Å²) in [6.45, 7) is 2.77. The molecule has 0 bridgehead atoms. The molecule has 118 valence electrons. The van der Waals surface area contributed by atoms with E-state index in [4.69, 9.17) is 14.9 Å². The van der Waals surface area contributed by atoms with Crippen LogP contribution >= 0.6 is 0 Å². The van der Waals surface area contributed by atoms with Gasteiger partial charge in [-0.15, -0.1) is 0 Å². The number of unbranched alkanes of at least 4 members (excludes halogenated alkanes) is 1. The van der Waals surface area contributed by atoms with Crippen molar-refractivity contribution < 1.29 is 9.15 Å². The molecule has 0 atom stereocenters. The lowest BCUT2D eigenvalue weighted by Crippen LogP contribution is -2.01. The van der Waals surface area contributed by atoms with Gasteiger partial charge < -0.3 is 14.9 Å². The Hall–Kier alpha value is -2.75. The van der Waals surface area contributed by atoms with Crippen molar-refractivity contribution in [3.63, 3.8) is 0 Å². The highest BCUT2D eigenvalue weighted by atomic mass is 16.5. The van der Waals surface area contributed by atoms with Crippen molar-refractivity contribution >= 4 is 16.7 Å². The summed E-state index contributed by atoms with van der Waals surface area (Å²) in [6.07, 6.45) is 2.06. The maximum Gasteiger partial charge on any atom is 0.193 e. The summed E-state index contributed by atoms with van der Waals surface area (Å²) >= 11 is 0. The maximum atomic E-state index is 12.3. The van der Waals surface area contributed by atoms with E-state index in [0.29, 0.717) is 34.8 Å². The van der Waals surface area contributed by atoms with Crippen LogP contribution < -0.4 is 15.9 Å². The molecular formula is C19H19NO3. The van der Waals surface area contributed by atoms with Gasteiger partial charge >= 0.3 is 0 Å². The molecule has 1 aromatic heterocycles. The van der Waals surface area contributed by atoms with Crippen LogP contribution in [0.1, 0.15) is 19.8 Å². The van der Waals surface area contributed by atoms with Crippen LogP contribution in [0, 0.1) is 0 Å². The van der Waals surface area contributed by atoms with Crippen LogP contribution in [-0.2, 0) is 0 Å². The van der Waals surface area contributed by atoms with Gasteiger partial charge in [0.25, 0.3) is 0 Å². The molecule has 1 heterocycles.